The molecule has 3 N–H and O–H groups in total. The second-order valence-electron chi connectivity index (χ2n) is 13.3. The highest BCUT2D eigenvalue weighted by Gasteiger charge is 2.74. The van der Waals surface area contributed by atoms with Gasteiger partial charge in [-0.2, -0.15) is 0 Å². The van der Waals surface area contributed by atoms with E-state index in [-0.39, 0.29) is 47.7 Å². The van der Waals surface area contributed by atoms with Gasteiger partial charge in [0.25, 0.3) is 0 Å². The number of rotatable bonds is 4. The Kier molecular flexibility index (Phi) is 6.68. The van der Waals surface area contributed by atoms with Gasteiger partial charge in [0.2, 0.25) is 6.79 Å². The fourth-order valence-electron chi connectivity index (χ4n) is 9.24. The molecule has 4 bridgehead atoms. The molecule has 8 atom stereocenters. The third kappa shape index (κ3) is 3.78. The highest BCUT2D eigenvalue weighted by atomic mass is 32.2. The molecule has 5 unspecified atom stereocenters. The van der Waals surface area contributed by atoms with E-state index in [1.807, 2.05) is 19.9 Å². The number of thioether (sulfide) groups is 1. The van der Waals surface area contributed by atoms with Crippen LogP contribution < -0.4 is 24.7 Å². The lowest BCUT2D eigenvalue weighted by molar-refractivity contribution is -0.152. The van der Waals surface area contributed by atoms with Gasteiger partial charge in [-0.1, -0.05) is 12.1 Å². The molecule has 12 heteroatoms. The second-order valence-corrected chi connectivity index (χ2v) is 14.5. The van der Waals surface area contributed by atoms with Crippen LogP contribution in [0.15, 0.2) is 18.7 Å². The van der Waals surface area contributed by atoms with E-state index in [1.165, 1.54) is 6.92 Å². The number of nitrogens with two attached hydrogens (primary N) is 1. The Balaban J connectivity index is 1.47. The lowest BCUT2D eigenvalue weighted by Crippen LogP contribution is -2.71. The summed E-state index contributed by atoms with van der Waals surface area (Å²) in [7, 11) is 1.58. The number of aromatic hydroxyl groups is 1. The normalized spacial score (nSPS) is 33.6. The first-order valence-corrected chi connectivity index (χ1v) is 16.9. The van der Waals surface area contributed by atoms with E-state index in [9.17, 15) is 14.7 Å². The van der Waals surface area contributed by atoms with Gasteiger partial charge in [0.05, 0.1) is 23.9 Å². The largest absolute Gasteiger partial charge is 0.504 e. The van der Waals surface area contributed by atoms with Gasteiger partial charge in [-0.15, -0.1) is 18.3 Å². The number of methoxy groups -OCH3 is 1. The van der Waals surface area contributed by atoms with Gasteiger partial charge < -0.3 is 34.5 Å². The number of benzene rings is 2. The SMILES string of the molecule is C=CCN1C2c3c(cc(C)c(OC)c3O)CC1[C@H](C)N1C2[C@@H]2SCC(N)C(=O)O[C@@H]3CC31c1c3c(c(C)c(OC(C)=O)c12)OCO3. The number of hydrogen-bond acceptors (Lipinski definition) is 12. The Hall–Kier alpha value is -3.45. The smallest absolute Gasteiger partial charge is 0.324 e. The molecule has 0 aromatic heterocycles. The molecule has 2 aromatic rings. The number of nitrogens with zero attached hydrogens (tertiary/aromatic N) is 2. The molecule has 5 heterocycles. The fraction of sp³-hybridized carbons (Fsp3) is 0.529. The lowest BCUT2D eigenvalue weighted by atomic mass is 9.70. The third-order valence-electron chi connectivity index (χ3n) is 10.9. The summed E-state index contributed by atoms with van der Waals surface area (Å²) in [5.41, 5.74) is 10.8. The highest BCUT2D eigenvalue weighted by Crippen LogP contribution is 2.71. The maximum atomic E-state index is 13.3. The van der Waals surface area contributed by atoms with Crippen molar-refractivity contribution in [3.63, 3.8) is 0 Å². The maximum Gasteiger partial charge on any atom is 0.324 e. The summed E-state index contributed by atoms with van der Waals surface area (Å²) >= 11 is 1.55. The molecule has 5 aliphatic heterocycles. The minimum Gasteiger partial charge on any atom is -0.504 e. The van der Waals surface area contributed by atoms with E-state index in [4.69, 9.17) is 29.4 Å². The molecule has 1 saturated carbocycles. The van der Waals surface area contributed by atoms with Crippen molar-refractivity contribution in [1.29, 1.82) is 0 Å². The molecular formula is C34H39N3O8S. The van der Waals surface area contributed by atoms with Crippen molar-refractivity contribution in [2.75, 3.05) is 26.2 Å². The van der Waals surface area contributed by atoms with Crippen LogP contribution >= 0.6 is 11.8 Å². The summed E-state index contributed by atoms with van der Waals surface area (Å²) in [5.74, 6) is 1.60. The summed E-state index contributed by atoms with van der Waals surface area (Å²) < 4.78 is 30.3. The van der Waals surface area contributed by atoms with Crippen LogP contribution in [0.3, 0.4) is 0 Å². The molecule has 6 aliphatic rings. The summed E-state index contributed by atoms with van der Waals surface area (Å²) in [6, 6.07) is 0.799. The molecule has 46 heavy (non-hydrogen) atoms. The van der Waals surface area contributed by atoms with Gasteiger partial charge in [-0.05, 0) is 38.3 Å². The molecule has 244 valence electrons. The molecule has 1 aliphatic carbocycles. The van der Waals surface area contributed by atoms with E-state index < -0.39 is 29.6 Å². The maximum absolute atomic E-state index is 13.3. The number of fused-ring (bicyclic) bond motifs is 8. The molecule has 8 rings (SSSR count). The van der Waals surface area contributed by atoms with Crippen LogP contribution in [0.1, 0.15) is 64.9 Å². The first-order valence-electron chi connectivity index (χ1n) is 15.8. The summed E-state index contributed by atoms with van der Waals surface area (Å²) in [5, 5.41) is 11.6. The van der Waals surface area contributed by atoms with Crippen LogP contribution in [0.25, 0.3) is 0 Å². The van der Waals surface area contributed by atoms with Crippen LogP contribution in [0.4, 0.5) is 0 Å². The van der Waals surface area contributed by atoms with Crippen molar-refractivity contribution in [2.24, 2.45) is 5.73 Å². The first-order chi connectivity index (χ1) is 22.0. The topological polar surface area (TPSA) is 133 Å². The molecule has 2 saturated heterocycles. The van der Waals surface area contributed by atoms with Crippen LogP contribution in [-0.2, 0) is 26.3 Å². The van der Waals surface area contributed by atoms with Crippen molar-refractivity contribution in [1.82, 2.24) is 9.80 Å². The molecule has 2 aromatic carbocycles. The van der Waals surface area contributed by atoms with E-state index in [0.717, 1.165) is 27.8 Å². The lowest BCUT2D eigenvalue weighted by Gasteiger charge is -2.64. The van der Waals surface area contributed by atoms with Crippen molar-refractivity contribution >= 4 is 23.7 Å². The summed E-state index contributed by atoms with van der Waals surface area (Å²) in [4.78, 5) is 31.0. The molecule has 0 radical (unpaired) electrons. The number of carbonyl (C=O) groups excluding carboxylic acids is 2. The Morgan fingerprint density at radius 2 is 2.02 bits per heavy atom. The van der Waals surface area contributed by atoms with E-state index in [1.54, 1.807) is 18.9 Å². The molecule has 11 nitrogen and oxygen atoms in total. The summed E-state index contributed by atoms with van der Waals surface area (Å²) in [6.07, 6.45) is 2.64. The first kappa shape index (κ1) is 29.9. The van der Waals surface area contributed by atoms with Crippen LogP contribution in [0.5, 0.6) is 28.7 Å². The zero-order valence-electron chi connectivity index (χ0n) is 26.6. The average Bonchev–Trinajstić information content (AvgIpc) is 3.45. The van der Waals surface area contributed by atoms with Crippen molar-refractivity contribution in [2.45, 2.75) is 87.6 Å². The van der Waals surface area contributed by atoms with Gasteiger partial charge in [0.15, 0.2) is 23.0 Å². The second kappa shape index (κ2) is 10.3. The fourth-order valence-corrected chi connectivity index (χ4v) is 10.7. The Labute approximate surface area is 271 Å². The molecule has 3 fully saturated rings. The predicted molar refractivity (Wildman–Crippen MR) is 170 cm³/mol. The molecule has 0 amide bonds. The number of phenols is 1. The number of hydrogen-bond donors (Lipinski definition) is 2. The van der Waals surface area contributed by atoms with E-state index >= 15 is 0 Å². The average molecular weight is 650 g/mol. The number of esters is 2. The zero-order chi connectivity index (χ0) is 32.4. The van der Waals surface area contributed by atoms with Crippen LogP contribution in [-0.4, -0.2) is 83.3 Å². The number of phenolic OH excluding ortho intramolecular Hbond substituents is 1. The molecule has 1 spiro atoms. The van der Waals surface area contributed by atoms with Gasteiger partial charge in [-0.3, -0.25) is 19.4 Å². The minimum absolute atomic E-state index is 0.0107. The summed E-state index contributed by atoms with van der Waals surface area (Å²) in [6.45, 7) is 12.2. The Morgan fingerprint density at radius 1 is 1.26 bits per heavy atom. The standard InChI is InChI=1S/C34H39N3O8S/c1-7-8-36-20-10-18-9-14(2)28(41-6)27(39)22(18)25(36)26-32-23-24(31-30(42-13-43-31)15(3)29(23)44-17(5)38)34(37(26)16(20)4)11-21(34)45-33(40)19(35)12-46-32/h7,9,16,19-21,25-26,32,39H,1,8,10-13,35H2,2-6H3/t16-,19?,20?,21+,25?,26?,32+,34?/m0/s1. The minimum atomic E-state index is -0.834. The number of piperazine rings is 1. The number of ether oxygens (including phenoxy) is 5. The third-order valence-corrected chi connectivity index (χ3v) is 12.3. The Morgan fingerprint density at radius 3 is 2.74 bits per heavy atom. The van der Waals surface area contributed by atoms with E-state index in [0.29, 0.717) is 47.9 Å². The van der Waals surface area contributed by atoms with Gasteiger partial charge in [0.1, 0.15) is 17.9 Å². The molecular weight excluding hydrogens is 610 g/mol. The number of carbonyl (C=O) groups is 2. The van der Waals surface area contributed by atoms with Gasteiger partial charge in [-0.25, -0.2) is 0 Å². The Bertz CT molecular complexity index is 1710. The van der Waals surface area contributed by atoms with Crippen LogP contribution in [0, 0.1) is 13.8 Å². The zero-order valence-corrected chi connectivity index (χ0v) is 27.4. The van der Waals surface area contributed by atoms with Crippen LogP contribution in [0.2, 0.25) is 0 Å². The van der Waals surface area contributed by atoms with Crippen molar-refractivity contribution < 1.29 is 38.4 Å². The van der Waals surface area contributed by atoms with Gasteiger partial charge in [0, 0.05) is 66.0 Å². The monoisotopic (exact) mass is 649 g/mol. The quantitative estimate of drug-likeness (QED) is 0.285. The van der Waals surface area contributed by atoms with E-state index in [2.05, 4.69) is 29.4 Å². The predicted octanol–water partition coefficient (Wildman–Crippen LogP) is 3.54. The van der Waals surface area contributed by atoms with Crippen molar-refractivity contribution in [3.8, 4) is 28.7 Å². The highest BCUT2D eigenvalue weighted by molar-refractivity contribution is 7.99. The van der Waals surface area contributed by atoms with Gasteiger partial charge >= 0.3 is 11.9 Å². The number of aryl methyl sites for hydroxylation is 1. The van der Waals surface area contributed by atoms with Crippen molar-refractivity contribution in [3.05, 3.63) is 52.1 Å².